The highest BCUT2D eigenvalue weighted by Gasteiger charge is 2.28. The highest BCUT2D eigenvalue weighted by atomic mass is 35.5. The van der Waals surface area contributed by atoms with E-state index in [2.05, 4.69) is 17.0 Å². The normalized spacial score (nSPS) is 22.0. The molecule has 2 atom stereocenters. The van der Waals surface area contributed by atoms with E-state index in [-0.39, 0.29) is 18.4 Å². The van der Waals surface area contributed by atoms with Gasteiger partial charge in [-0.05, 0) is 39.3 Å². The third-order valence-electron chi connectivity index (χ3n) is 4.56. The Morgan fingerprint density at radius 3 is 2.70 bits per heavy atom. The summed E-state index contributed by atoms with van der Waals surface area (Å²) in [6.45, 7) is 4.80. The van der Waals surface area contributed by atoms with Gasteiger partial charge in [0.25, 0.3) is 0 Å². The van der Waals surface area contributed by atoms with Crippen LogP contribution in [0.3, 0.4) is 0 Å². The number of piperidine rings is 1. The second kappa shape index (κ2) is 6.81. The van der Waals surface area contributed by atoms with E-state index in [1.807, 2.05) is 42.8 Å². The second-order valence-corrected chi connectivity index (χ2v) is 7.84. The lowest BCUT2D eigenvalue weighted by molar-refractivity contribution is 0.361. The van der Waals surface area contributed by atoms with Crippen molar-refractivity contribution in [1.82, 2.24) is 14.6 Å². The smallest absolute Gasteiger partial charge is 0.243 e. The number of fused-ring (bicyclic) bond motifs is 1. The molecule has 23 heavy (non-hydrogen) atoms. The van der Waals surface area contributed by atoms with Gasteiger partial charge in [-0.15, -0.1) is 12.4 Å². The molecule has 1 aromatic carbocycles. The molecule has 1 aromatic heterocycles. The second-order valence-electron chi connectivity index (χ2n) is 6.19. The molecule has 3 rings (SSSR count). The number of hydrogen-bond donors (Lipinski definition) is 2. The van der Waals surface area contributed by atoms with Crippen LogP contribution in [0.1, 0.15) is 25.5 Å². The van der Waals surface area contributed by atoms with Gasteiger partial charge in [-0.2, -0.15) is 0 Å². The fourth-order valence-electron chi connectivity index (χ4n) is 3.34. The number of para-hydroxylation sites is 1. The Kier molecular flexibility index (Phi) is 5.41. The molecule has 1 fully saturated rings. The third kappa shape index (κ3) is 3.40. The fraction of sp³-hybridized carbons (Fsp3) is 0.500. The predicted molar refractivity (Wildman–Crippen MR) is 95.7 cm³/mol. The molecule has 128 valence electrons. The number of hydrogen-bond acceptors (Lipinski definition) is 3. The summed E-state index contributed by atoms with van der Waals surface area (Å²) in [5.74, 6) is 0. The molecule has 0 bridgehead atoms. The summed E-state index contributed by atoms with van der Waals surface area (Å²) in [7, 11) is -1.61. The van der Waals surface area contributed by atoms with Crippen LogP contribution in [0.25, 0.3) is 10.9 Å². The summed E-state index contributed by atoms with van der Waals surface area (Å²) in [4.78, 5) is 0.414. The molecule has 0 aliphatic carbocycles. The number of rotatable bonds is 3. The molecule has 2 unspecified atom stereocenters. The van der Waals surface area contributed by atoms with Gasteiger partial charge in [-0.25, -0.2) is 13.1 Å². The summed E-state index contributed by atoms with van der Waals surface area (Å²) in [5, 5.41) is 4.13. The van der Waals surface area contributed by atoms with Crippen molar-refractivity contribution in [1.29, 1.82) is 0 Å². The Morgan fingerprint density at radius 2 is 2.00 bits per heavy atom. The first-order valence-electron chi connectivity index (χ1n) is 7.70. The standard InChI is InChI=1S/C16H23N3O2S.ClH/c1-11-10-13(8-9-17-11)18-22(20,21)16-12(2)19(3)15-7-5-4-6-14(15)16;/h4-7,11,13,17-18H,8-10H2,1-3H3;1H. The largest absolute Gasteiger partial charge is 0.347 e. The summed E-state index contributed by atoms with van der Waals surface area (Å²) < 4.78 is 30.7. The molecule has 1 aliphatic rings. The van der Waals surface area contributed by atoms with Crippen molar-refractivity contribution < 1.29 is 8.42 Å². The minimum atomic E-state index is -3.52. The molecule has 1 saturated heterocycles. The zero-order valence-electron chi connectivity index (χ0n) is 13.7. The number of halogens is 1. The molecule has 7 heteroatoms. The fourth-order valence-corrected chi connectivity index (χ4v) is 5.10. The molecular formula is C16H24ClN3O2S. The molecule has 2 heterocycles. The Bertz CT molecular complexity index is 801. The summed E-state index contributed by atoms with van der Waals surface area (Å²) in [6.07, 6.45) is 1.65. The monoisotopic (exact) mass is 357 g/mol. The molecule has 0 amide bonds. The van der Waals surface area contributed by atoms with E-state index in [0.29, 0.717) is 10.9 Å². The van der Waals surface area contributed by atoms with Crippen LogP contribution in [0.15, 0.2) is 29.2 Å². The van der Waals surface area contributed by atoms with E-state index >= 15 is 0 Å². The molecule has 0 spiro atoms. The number of aromatic nitrogens is 1. The first kappa shape index (κ1) is 18.3. The van der Waals surface area contributed by atoms with Crippen molar-refractivity contribution in [3.05, 3.63) is 30.0 Å². The van der Waals surface area contributed by atoms with E-state index in [1.165, 1.54) is 0 Å². The van der Waals surface area contributed by atoms with Gasteiger partial charge >= 0.3 is 0 Å². The van der Waals surface area contributed by atoms with Crippen LogP contribution in [0, 0.1) is 6.92 Å². The summed E-state index contributed by atoms with van der Waals surface area (Å²) in [6, 6.07) is 7.98. The molecule has 1 aliphatic heterocycles. The topological polar surface area (TPSA) is 63.1 Å². The van der Waals surface area contributed by atoms with Gasteiger partial charge in [0.05, 0.1) is 0 Å². The van der Waals surface area contributed by atoms with Gasteiger partial charge in [0.15, 0.2) is 0 Å². The van der Waals surface area contributed by atoms with Crippen molar-refractivity contribution in [3.63, 3.8) is 0 Å². The van der Waals surface area contributed by atoms with Crippen LogP contribution in [0.2, 0.25) is 0 Å². The average Bonchev–Trinajstić information content (AvgIpc) is 2.71. The Balaban J connectivity index is 0.00000192. The van der Waals surface area contributed by atoms with Gasteiger partial charge < -0.3 is 9.88 Å². The van der Waals surface area contributed by atoms with E-state index in [4.69, 9.17) is 0 Å². The molecular weight excluding hydrogens is 334 g/mol. The van der Waals surface area contributed by atoms with E-state index < -0.39 is 10.0 Å². The van der Waals surface area contributed by atoms with Crippen molar-refractivity contribution in [2.75, 3.05) is 6.54 Å². The maximum absolute atomic E-state index is 12.9. The lowest BCUT2D eigenvalue weighted by atomic mass is 10.0. The van der Waals surface area contributed by atoms with Crippen molar-refractivity contribution in [3.8, 4) is 0 Å². The Labute approximate surface area is 143 Å². The number of nitrogens with zero attached hydrogens (tertiary/aromatic N) is 1. The zero-order valence-corrected chi connectivity index (χ0v) is 15.3. The van der Waals surface area contributed by atoms with Crippen LogP contribution in [-0.4, -0.2) is 31.6 Å². The predicted octanol–water partition coefficient (Wildman–Crippen LogP) is 2.33. The molecule has 2 aromatic rings. The van der Waals surface area contributed by atoms with Gasteiger partial charge in [0, 0.05) is 35.7 Å². The van der Waals surface area contributed by atoms with Crippen LogP contribution >= 0.6 is 12.4 Å². The van der Waals surface area contributed by atoms with E-state index in [0.717, 1.165) is 36.0 Å². The van der Waals surface area contributed by atoms with Gasteiger partial charge in [-0.3, -0.25) is 0 Å². The Hall–Kier alpha value is -1.08. The van der Waals surface area contributed by atoms with Gasteiger partial charge in [-0.1, -0.05) is 18.2 Å². The number of sulfonamides is 1. The first-order chi connectivity index (χ1) is 10.4. The minimum absolute atomic E-state index is 0. The van der Waals surface area contributed by atoms with E-state index in [1.54, 1.807) is 0 Å². The molecule has 5 nitrogen and oxygen atoms in total. The Morgan fingerprint density at radius 1 is 1.30 bits per heavy atom. The molecule has 2 N–H and O–H groups in total. The minimum Gasteiger partial charge on any atom is -0.347 e. The highest BCUT2D eigenvalue weighted by Crippen LogP contribution is 2.29. The maximum atomic E-state index is 12.9. The van der Waals surface area contributed by atoms with Crippen LogP contribution < -0.4 is 10.0 Å². The highest BCUT2D eigenvalue weighted by molar-refractivity contribution is 7.89. The lowest BCUT2D eigenvalue weighted by Crippen LogP contribution is -2.46. The van der Waals surface area contributed by atoms with Crippen LogP contribution in [-0.2, 0) is 17.1 Å². The van der Waals surface area contributed by atoms with Crippen molar-refractivity contribution >= 4 is 33.3 Å². The molecule has 0 radical (unpaired) electrons. The number of nitrogens with one attached hydrogen (secondary N) is 2. The molecule has 0 saturated carbocycles. The summed E-state index contributed by atoms with van der Waals surface area (Å²) in [5.41, 5.74) is 1.72. The van der Waals surface area contributed by atoms with Crippen LogP contribution in [0.4, 0.5) is 0 Å². The lowest BCUT2D eigenvalue weighted by Gasteiger charge is -2.28. The van der Waals surface area contributed by atoms with Gasteiger partial charge in [0.2, 0.25) is 10.0 Å². The first-order valence-corrected chi connectivity index (χ1v) is 9.18. The van der Waals surface area contributed by atoms with Gasteiger partial charge in [0.1, 0.15) is 4.90 Å². The SMILES string of the molecule is Cc1c(S(=O)(=O)NC2CCNC(C)C2)c2ccccc2n1C.Cl. The number of benzene rings is 1. The zero-order chi connectivity index (χ0) is 15.9. The van der Waals surface area contributed by atoms with E-state index in [9.17, 15) is 8.42 Å². The average molecular weight is 358 g/mol. The third-order valence-corrected chi connectivity index (χ3v) is 6.25. The van der Waals surface area contributed by atoms with Crippen LogP contribution in [0.5, 0.6) is 0 Å². The van der Waals surface area contributed by atoms with Crippen molar-refractivity contribution in [2.24, 2.45) is 7.05 Å². The van der Waals surface area contributed by atoms with Crippen molar-refractivity contribution in [2.45, 2.75) is 43.7 Å². The number of aryl methyl sites for hydroxylation is 1. The summed E-state index contributed by atoms with van der Waals surface area (Å²) >= 11 is 0. The maximum Gasteiger partial charge on any atom is 0.243 e. The quantitative estimate of drug-likeness (QED) is 0.886.